The fourth-order valence-corrected chi connectivity index (χ4v) is 1.78. The molecule has 5 heteroatoms. The number of thiocarbonyl (C=S) groups is 1. The molecule has 0 aromatic carbocycles. The van der Waals surface area contributed by atoms with Gasteiger partial charge < -0.3 is 10.8 Å². The minimum atomic E-state index is -0.352. The lowest BCUT2D eigenvalue weighted by atomic mass is 10.2. The molecule has 1 heterocycles. The maximum Gasteiger partial charge on any atom is 0.123 e. The van der Waals surface area contributed by atoms with Gasteiger partial charge in [0.1, 0.15) is 10.7 Å². The van der Waals surface area contributed by atoms with Crippen LogP contribution >= 0.6 is 12.2 Å². The number of aliphatic hydroxyl groups is 1. The van der Waals surface area contributed by atoms with E-state index < -0.39 is 0 Å². The number of hydrogen-bond acceptors (Lipinski definition) is 4. The van der Waals surface area contributed by atoms with Crippen molar-refractivity contribution in [1.82, 2.24) is 9.88 Å². The summed E-state index contributed by atoms with van der Waals surface area (Å²) in [4.78, 5) is 6.46. The van der Waals surface area contributed by atoms with Crippen molar-refractivity contribution in [1.29, 1.82) is 0 Å². The Labute approximate surface area is 101 Å². The molecule has 0 saturated carbocycles. The molecule has 1 aromatic rings. The van der Waals surface area contributed by atoms with Crippen molar-refractivity contribution in [2.45, 2.75) is 19.6 Å². The molecule has 0 bridgehead atoms. The first kappa shape index (κ1) is 13.0. The molecule has 88 valence electrons. The monoisotopic (exact) mass is 239 g/mol. The van der Waals surface area contributed by atoms with Gasteiger partial charge in [0.15, 0.2) is 0 Å². The molecule has 0 saturated heterocycles. The zero-order valence-corrected chi connectivity index (χ0v) is 10.4. The lowest BCUT2D eigenvalue weighted by Gasteiger charge is -2.19. The first-order valence-corrected chi connectivity index (χ1v) is 5.52. The van der Waals surface area contributed by atoms with E-state index in [0.29, 0.717) is 23.8 Å². The van der Waals surface area contributed by atoms with E-state index in [4.69, 9.17) is 18.0 Å². The fraction of sp³-hybridized carbons (Fsp3) is 0.455. The number of nitrogens with zero attached hydrogens (tertiary/aromatic N) is 2. The smallest absolute Gasteiger partial charge is 0.123 e. The van der Waals surface area contributed by atoms with Crippen molar-refractivity contribution in [3.63, 3.8) is 0 Å². The van der Waals surface area contributed by atoms with Gasteiger partial charge in [-0.05, 0) is 25.6 Å². The second-order valence-electron chi connectivity index (χ2n) is 3.92. The molecule has 1 rings (SSSR count). The quantitative estimate of drug-likeness (QED) is 0.734. The molecule has 0 spiro atoms. The number of rotatable bonds is 5. The van der Waals surface area contributed by atoms with Crippen LogP contribution in [0.4, 0.5) is 0 Å². The van der Waals surface area contributed by atoms with Crippen molar-refractivity contribution in [2.75, 3.05) is 13.6 Å². The van der Waals surface area contributed by atoms with E-state index in [1.165, 1.54) is 0 Å². The maximum absolute atomic E-state index is 9.27. The van der Waals surface area contributed by atoms with Crippen LogP contribution in [0, 0.1) is 0 Å². The second-order valence-corrected chi connectivity index (χ2v) is 4.36. The van der Waals surface area contributed by atoms with Gasteiger partial charge in [0.05, 0.1) is 6.10 Å². The summed E-state index contributed by atoms with van der Waals surface area (Å²) in [5.41, 5.74) is 7.24. The van der Waals surface area contributed by atoms with Crippen molar-refractivity contribution >= 4 is 17.2 Å². The fourth-order valence-electron chi connectivity index (χ4n) is 1.59. The average molecular weight is 239 g/mol. The van der Waals surface area contributed by atoms with Crippen molar-refractivity contribution in [3.05, 3.63) is 29.6 Å². The molecule has 0 aliphatic heterocycles. The summed E-state index contributed by atoms with van der Waals surface area (Å²) in [7, 11) is 1.93. The van der Waals surface area contributed by atoms with E-state index >= 15 is 0 Å². The third-order valence-corrected chi connectivity index (χ3v) is 2.33. The highest BCUT2D eigenvalue weighted by Crippen LogP contribution is 2.08. The third kappa shape index (κ3) is 3.84. The number of aromatic nitrogens is 1. The standard InChI is InChI=1S/C11H17N3OS/c1-8(15)6-14(2)7-9-4-3-5-13-10(9)11(12)16/h3-5,8,15H,6-7H2,1-2H3,(H2,12,16). The van der Waals surface area contributed by atoms with Crippen LogP contribution in [0.15, 0.2) is 18.3 Å². The van der Waals surface area contributed by atoms with Gasteiger partial charge in [0, 0.05) is 19.3 Å². The first-order valence-electron chi connectivity index (χ1n) is 5.11. The zero-order valence-electron chi connectivity index (χ0n) is 9.55. The van der Waals surface area contributed by atoms with Crippen molar-refractivity contribution in [3.8, 4) is 0 Å². The highest BCUT2D eigenvalue weighted by molar-refractivity contribution is 7.80. The molecule has 0 amide bonds. The molecular formula is C11H17N3OS. The van der Waals surface area contributed by atoms with Crippen molar-refractivity contribution < 1.29 is 5.11 Å². The highest BCUT2D eigenvalue weighted by Gasteiger charge is 2.09. The zero-order chi connectivity index (χ0) is 12.1. The van der Waals surface area contributed by atoms with Crippen LogP contribution in [0.5, 0.6) is 0 Å². The number of likely N-dealkylation sites (N-methyl/N-ethyl adjacent to an activating group) is 1. The molecular weight excluding hydrogens is 222 g/mol. The Hall–Kier alpha value is -1.04. The average Bonchev–Trinajstić information content (AvgIpc) is 2.16. The number of pyridine rings is 1. The van der Waals surface area contributed by atoms with Crippen LogP contribution in [-0.4, -0.2) is 39.7 Å². The van der Waals surface area contributed by atoms with E-state index in [2.05, 4.69) is 4.98 Å². The molecule has 0 radical (unpaired) electrons. The van der Waals surface area contributed by atoms with Crippen LogP contribution < -0.4 is 5.73 Å². The SMILES string of the molecule is CC(O)CN(C)Cc1cccnc1C(N)=S. The van der Waals surface area contributed by atoms with Gasteiger partial charge in [-0.15, -0.1) is 0 Å². The summed E-state index contributed by atoms with van der Waals surface area (Å²) in [6.07, 6.45) is 1.32. The minimum Gasteiger partial charge on any atom is -0.392 e. The van der Waals surface area contributed by atoms with Gasteiger partial charge in [-0.2, -0.15) is 0 Å². The Balaban J connectivity index is 2.76. The Morgan fingerprint density at radius 3 is 2.94 bits per heavy atom. The van der Waals surface area contributed by atoms with E-state index in [0.717, 1.165) is 5.56 Å². The molecule has 0 aliphatic carbocycles. The predicted octanol–water partition coefficient (Wildman–Crippen LogP) is 0.528. The van der Waals surface area contributed by atoms with Gasteiger partial charge in [0.25, 0.3) is 0 Å². The lowest BCUT2D eigenvalue weighted by Crippen LogP contribution is -2.28. The van der Waals surface area contributed by atoms with E-state index in [-0.39, 0.29) is 6.10 Å². The Bertz CT molecular complexity index is 368. The van der Waals surface area contributed by atoms with Crippen LogP contribution in [0.25, 0.3) is 0 Å². The summed E-state index contributed by atoms with van der Waals surface area (Å²) in [6, 6.07) is 3.80. The molecule has 1 aromatic heterocycles. The summed E-state index contributed by atoms with van der Waals surface area (Å²) < 4.78 is 0. The highest BCUT2D eigenvalue weighted by atomic mass is 32.1. The summed E-state index contributed by atoms with van der Waals surface area (Å²) in [5, 5.41) is 9.27. The number of aliphatic hydroxyl groups excluding tert-OH is 1. The summed E-state index contributed by atoms with van der Waals surface area (Å²) in [6.45, 7) is 3.03. The van der Waals surface area contributed by atoms with E-state index in [1.54, 1.807) is 13.1 Å². The predicted molar refractivity (Wildman–Crippen MR) is 68.1 cm³/mol. The van der Waals surface area contributed by atoms with Gasteiger partial charge in [-0.3, -0.25) is 9.88 Å². The summed E-state index contributed by atoms with van der Waals surface area (Å²) in [5.74, 6) is 0. The van der Waals surface area contributed by atoms with Gasteiger partial charge in [-0.25, -0.2) is 0 Å². The normalized spacial score (nSPS) is 12.8. The maximum atomic E-state index is 9.27. The molecule has 1 atom stereocenters. The van der Waals surface area contributed by atoms with Crippen molar-refractivity contribution in [2.24, 2.45) is 5.73 Å². The minimum absolute atomic E-state index is 0.307. The molecule has 16 heavy (non-hydrogen) atoms. The van der Waals surface area contributed by atoms with E-state index in [1.807, 2.05) is 24.1 Å². The van der Waals surface area contributed by atoms with Crippen LogP contribution in [0.3, 0.4) is 0 Å². The number of nitrogens with two attached hydrogens (primary N) is 1. The molecule has 3 N–H and O–H groups in total. The largest absolute Gasteiger partial charge is 0.392 e. The van der Waals surface area contributed by atoms with Gasteiger partial charge in [0.2, 0.25) is 0 Å². The van der Waals surface area contributed by atoms with Gasteiger partial charge in [-0.1, -0.05) is 18.3 Å². The second kappa shape index (κ2) is 5.89. The van der Waals surface area contributed by atoms with Crippen LogP contribution in [0.1, 0.15) is 18.2 Å². The van der Waals surface area contributed by atoms with Crippen LogP contribution in [-0.2, 0) is 6.54 Å². The first-order chi connectivity index (χ1) is 7.50. The Kier molecular flexibility index (Phi) is 4.79. The van der Waals surface area contributed by atoms with Gasteiger partial charge >= 0.3 is 0 Å². The lowest BCUT2D eigenvalue weighted by molar-refractivity contribution is 0.138. The molecule has 4 nitrogen and oxygen atoms in total. The molecule has 0 fully saturated rings. The Morgan fingerprint density at radius 2 is 2.38 bits per heavy atom. The Morgan fingerprint density at radius 1 is 1.69 bits per heavy atom. The topological polar surface area (TPSA) is 62.4 Å². The summed E-state index contributed by atoms with van der Waals surface area (Å²) >= 11 is 4.94. The van der Waals surface area contributed by atoms with Crippen LogP contribution in [0.2, 0.25) is 0 Å². The van der Waals surface area contributed by atoms with E-state index in [9.17, 15) is 5.11 Å². The molecule has 0 aliphatic rings. The third-order valence-electron chi connectivity index (χ3n) is 2.14. The molecule has 1 unspecified atom stereocenters. The number of hydrogen-bond donors (Lipinski definition) is 2.